The minimum absolute atomic E-state index is 0.113. The van der Waals surface area contributed by atoms with Gasteiger partial charge in [0.25, 0.3) is 0 Å². The molecule has 4 saturated carbocycles. The Morgan fingerprint density at radius 2 is 1.21 bits per heavy atom. The van der Waals surface area contributed by atoms with Crippen LogP contribution in [0.5, 0.6) is 0 Å². The number of hydrogen-bond acceptors (Lipinski definition) is 3. The molecule has 5 fully saturated rings. The van der Waals surface area contributed by atoms with Crippen LogP contribution in [0.4, 0.5) is 0 Å². The fourth-order valence-electron chi connectivity index (χ4n) is 8.59. The highest BCUT2D eigenvalue weighted by Gasteiger charge is 2.54. The van der Waals surface area contributed by atoms with Gasteiger partial charge in [-0.25, -0.2) is 0 Å². The molecule has 1 aliphatic heterocycles. The van der Waals surface area contributed by atoms with Gasteiger partial charge in [-0.1, -0.05) is 51.4 Å². The van der Waals surface area contributed by atoms with Crippen molar-refractivity contribution in [2.24, 2.45) is 23.7 Å². The Hall–Kier alpha value is -0.0551. The Kier molecular flexibility index (Phi) is 6.10. The van der Waals surface area contributed by atoms with Crippen molar-refractivity contribution in [2.75, 3.05) is 0 Å². The van der Waals surface area contributed by atoms with Gasteiger partial charge < -0.3 is 10.0 Å². The average Bonchev–Trinajstić information content (AvgIpc) is 3.08. The third-order valence-corrected chi connectivity index (χ3v) is 9.91. The summed E-state index contributed by atoms with van der Waals surface area (Å²) >= 11 is 0. The van der Waals surface area contributed by atoms with Crippen molar-refractivity contribution < 1.29 is 10.0 Å². The lowest BCUT2D eigenvalue weighted by Crippen LogP contribution is -2.49. The molecule has 1 heterocycles. The highest BCUT2D eigenvalue weighted by atomic mass is 16.4. The second-order valence-corrected chi connectivity index (χ2v) is 11.1. The van der Waals surface area contributed by atoms with E-state index in [-0.39, 0.29) is 5.82 Å². The van der Waals surface area contributed by atoms with E-state index >= 15 is 0 Å². The normalized spacial score (nSPS) is 45.4. The van der Waals surface area contributed by atoms with Gasteiger partial charge in [0.1, 0.15) is 0 Å². The Morgan fingerprint density at radius 1 is 0.571 bits per heavy atom. The van der Waals surface area contributed by atoms with E-state index in [1.165, 1.54) is 89.9 Å². The van der Waals surface area contributed by atoms with Crippen LogP contribution >= 0.6 is 0 Å². The summed E-state index contributed by atoms with van der Waals surface area (Å²) in [5.41, 5.74) is 0. The average molecular weight is 387 g/mol. The molecule has 5 atom stereocenters. The van der Waals surface area contributed by atoms with E-state index < -0.39 is 7.12 Å². The van der Waals surface area contributed by atoms with Crippen molar-refractivity contribution in [3.05, 3.63) is 0 Å². The van der Waals surface area contributed by atoms with Crippen LogP contribution < -0.4 is 0 Å². The van der Waals surface area contributed by atoms with Crippen molar-refractivity contribution in [3.8, 4) is 0 Å². The largest absolute Gasteiger partial charge is 0.454 e. The van der Waals surface area contributed by atoms with Gasteiger partial charge in [0, 0.05) is 18.1 Å². The van der Waals surface area contributed by atoms with E-state index in [4.69, 9.17) is 0 Å². The number of fused-ring (bicyclic) bond motifs is 3. The highest BCUT2D eigenvalue weighted by molar-refractivity contribution is 6.43. The number of rotatable bonds is 3. The highest BCUT2D eigenvalue weighted by Crippen LogP contribution is 2.54. The Morgan fingerprint density at radius 3 is 1.96 bits per heavy atom. The summed E-state index contributed by atoms with van der Waals surface area (Å²) in [5.74, 6) is 3.91. The smallest absolute Gasteiger partial charge is 0.427 e. The zero-order valence-electron chi connectivity index (χ0n) is 17.9. The minimum Gasteiger partial charge on any atom is -0.427 e. The van der Waals surface area contributed by atoms with Crippen LogP contribution in [-0.2, 0) is 0 Å². The molecular formula is C24H42BNO2. The standard InChI is InChI=1S/C24H42BNO2/c27-25(28)19-12-15-22-21-8-4-5-9-23(21)26(24(22)16-19)20-13-10-18(11-14-20)17-6-2-1-3-7-17/h17-24,27-28H,1-16H2. The first-order valence-corrected chi connectivity index (χ1v) is 12.9. The number of likely N-dealkylation sites (tertiary alicyclic amines) is 1. The van der Waals surface area contributed by atoms with Gasteiger partial charge in [-0.05, 0) is 80.9 Å². The topological polar surface area (TPSA) is 43.7 Å². The summed E-state index contributed by atoms with van der Waals surface area (Å²) in [6.07, 6.45) is 22.2. The van der Waals surface area contributed by atoms with E-state index in [1.54, 1.807) is 0 Å². The maximum absolute atomic E-state index is 9.87. The second kappa shape index (κ2) is 8.59. The van der Waals surface area contributed by atoms with E-state index in [0.717, 1.165) is 48.6 Å². The lowest BCUT2D eigenvalue weighted by molar-refractivity contribution is 0.0436. The van der Waals surface area contributed by atoms with Crippen molar-refractivity contribution in [2.45, 2.75) is 127 Å². The summed E-state index contributed by atoms with van der Waals surface area (Å²) in [6, 6.07) is 2.24. The van der Waals surface area contributed by atoms with E-state index in [0.29, 0.717) is 6.04 Å². The van der Waals surface area contributed by atoms with E-state index in [9.17, 15) is 10.0 Å². The predicted molar refractivity (Wildman–Crippen MR) is 115 cm³/mol. The molecule has 0 spiro atoms. The fraction of sp³-hybridized carbons (Fsp3) is 1.00. The van der Waals surface area contributed by atoms with Crippen molar-refractivity contribution >= 4 is 7.12 Å². The molecule has 0 aromatic heterocycles. The van der Waals surface area contributed by atoms with Crippen LogP contribution in [-0.4, -0.2) is 40.2 Å². The Labute approximate surface area is 172 Å². The summed E-state index contributed by atoms with van der Waals surface area (Å²) in [4.78, 5) is 3.00. The molecule has 3 nitrogen and oxygen atoms in total. The molecule has 0 amide bonds. The first-order chi connectivity index (χ1) is 13.7. The summed E-state index contributed by atoms with van der Waals surface area (Å²) < 4.78 is 0. The van der Waals surface area contributed by atoms with Gasteiger partial charge in [0.2, 0.25) is 0 Å². The summed E-state index contributed by atoms with van der Waals surface area (Å²) in [5, 5.41) is 19.7. The number of nitrogens with zero attached hydrogens (tertiary/aromatic N) is 1. The third-order valence-electron chi connectivity index (χ3n) is 9.91. The van der Waals surface area contributed by atoms with Crippen molar-refractivity contribution in [1.29, 1.82) is 0 Å². The monoisotopic (exact) mass is 387 g/mol. The molecule has 2 N–H and O–H groups in total. The molecule has 5 rings (SSSR count). The Bertz CT molecular complexity index is 515. The predicted octanol–water partition coefficient (Wildman–Crippen LogP) is 5.01. The molecule has 1 saturated heterocycles. The SMILES string of the molecule is OB(O)C1CCC2C3CCCCC3N(C3CCC(C4CCCCC4)CC3)C2C1. The first kappa shape index (κ1) is 19.9. The zero-order chi connectivity index (χ0) is 19.1. The van der Waals surface area contributed by atoms with Gasteiger partial charge in [0.05, 0.1) is 0 Å². The second-order valence-electron chi connectivity index (χ2n) is 11.1. The van der Waals surface area contributed by atoms with E-state index in [2.05, 4.69) is 4.90 Å². The van der Waals surface area contributed by atoms with Gasteiger partial charge in [0.15, 0.2) is 0 Å². The van der Waals surface area contributed by atoms with Gasteiger partial charge in [-0.2, -0.15) is 0 Å². The first-order valence-electron chi connectivity index (χ1n) is 12.9. The van der Waals surface area contributed by atoms with E-state index in [1.807, 2.05) is 0 Å². The van der Waals surface area contributed by atoms with Crippen molar-refractivity contribution in [1.82, 2.24) is 4.90 Å². The van der Waals surface area contributed by atoms with Crippen LogP contribution in [0.2, 0.25) is 5.82 Å². The van der Waals surface area contributed by atoms with Crippen LogP contribution in [0.1, 0.15) is 103 Å². The maximum Gasteiger partial charge on any atom is 0.454 e. The van der Waals surface area contributed by atoms with Crippen molar-refractivity contribution in [3.63, 3.8) is 0 Å². The molecule has 5 unspecified atom stereocenters. The zero-order valence-corrected chi connectivity index (χ0v) is 17.9. The summed E-state index contributed by atoms with van der Waals surface area (Å²) in [6.45, 7) is 0. The van der Waals surface area contributed by atoms with Crippen LogP contribution in [0, 0.1) is 23.7 Å². The van der Waals surface area contributed by atoms with Crippen LogP contribution in [0.3, 0.4) is 0 Å². The molecule has 4 aliphatic carbocycles. The number of hydrogen-bond donors (Lipinski definition) is 2. The van der Waals surface area contributed by atoms with Crippen LogP contribution in [0.25, 0.3) is 0 Å². The molecule has 0 aromatic carbocycles. The summed E-state index contributed by atoms with van der Waals surface area (Å²) in [7, 11) is -1.10. The fourth-order valence-corrected chi connectivity index (χ4v) is 8.59. The lowest BCUT2D eigenvalue weighted by atomic mass is 9.60. The van der Waals surface area contributed by atoms with Gasteiger partial charge >= 0.3 is 7.12 Å². The minimum atomic E-state index is -1.10. The molecule has 5 aliphatic rings. The molecule has 0 bridgehead atoms. The Balaban J connectivity index is 1.28. The molecule has 0 aromatic rings. The molecular weight excluding hydrogens is 345 g/mol. The molecule has 0 radical (unpaired) electrons. The quantitative estimate of drug-likeness (QED) is 0.669. The lowest BCUT2D eigenvalue weighted by Gasteiger charge is -2.45. The molecule has 4 heteroatoms. The van der Waals surface area contributed by atoms with Crippen LogP contribution in [0.15, 0.2) is 0 Å². The van der Waals surface area contributed by atoms with Gasteiger partial charge in [-0.3, -0.25) is 4.90 Å². The maximum atomic E-state index is 9.87. The third kappa shape index (κ3) is 3.71. The molecule has 28 heavy (non-hydrogen) atoms. The van der Waals surface area contributed by atoms with Gasteiger partial charge in [-0.15, -0.1) is 0 Å². The molecule has 158 valence electrons.